The summed E-state index contributed by atoms with van der Waals surface area (Å²) in [6.07, 6.45) is 5.27. The Labute approximate surface area is 115 Å². The van der Waals surface area contributed by atoms with Crippen LogP contribution in [0.25, 0.3) is 0 Å². The predicted octanol–water partition coefficient (Wildman–Crippen LogP) is 0.957. The average molecular weight is 270 g/mol. The number of rotatable bonds is 8. The van der Waals surface area contributed by atoms with Crippen LogP contribution in [0.1, 0.15) is 46.0 Å². The molecule has 0 radical (unpaired) electrons. The summed E-state index contributed by atoms with van der Waals surface area (Å²) in [6.45, 7) is 5.31. The highest BCUT2D eigenvalue weighted by Crippen LogP contribution is 2.25. The predicted molar refractivity (Wildman–Crippen MR) is 72.8 cm³/mol. The van der Waals surface area contributed by atoms with Crippen molar-refractivity contribution in [1.29, 1.82) is 0 Å². The van der Waals surface area contributed by atoms with Crippen LogP contribution in [0.4, 0.5) is 0 Å². The summed E-state index contributed by atoms with van der Waals surface area (Å²) in [7, 11) is 0. The second-order valence-corrected chi connectivity index (χ2v) is 6.10. The van der Waals surface area contributed by atoms with Gasteiger partial charge in [0.15, 0.2) is 0 Å². The molecule has 1 aliphatic carbocycles. The number of nitrogens with two attached hydrogens (primary N) is 1. The lowest BCUT2D eigenvalue weighted by atomic mass is 9.93. The monoisotopic (exact) mass is 270 g/mol. The molecule has 1 aliphatic heterocycles. The van der Waals surface area contributed by atoms with Gasteiger partial charge in [-0.2, -0.15) is 0 Å². The van der Waals surface area contributed by atoms with E-state index in [0.29, 0.717) is 19.1 Å². The van der Waals surface area contributed by atoms with E-state index in [-0.39, 0.29) is 18.1 Å². The first-order chi connectivity index (χ1) is 8.99. The molecule has 5 nitrogen and oxygen atoms in total. The zero-order valence-corrected chi connectivity index (χ0v) is 12.0. The number of carbonyl (C=O) groups excluding carboxylic acids is 1. The van der Waals surface area contributed by atoms with Crippen LogP contribution in [-0.4, -0.2) is 42.9 Å². The molecular formula is C14H26N2O3. The Morgan fingerprint density at radius 3 is 2.79 bits per heavy atom. The molecule has 0 spiro atoms. The van der Waals surface area contributed by atoms with Crippen LogP contribution in [0, 0.1) is 0 Å². The van der Waals surface area contributed by atoms with E-state index in [0.717, 1.165) is 32.3 Å². The standard InChI is InChI=1S/C14H26N2O3/c1-10(19-9-12-4-3-7-18-12)8-14(2,13(15)17)16-11-5-6-11/h10-12,16H,3-9H2,1-2H3,(H2,15,17). The van der Waals surface area contributed by atoms with E-state index in [4.69, 9.17) is 15.2 Å². The van der Waals surface area contributed by atoms with E-state index in [1.165, 1.54) is 0 Å². The number of amides is 1. The fourth-order valence-corrected chi connectivity index (χ4v) is 2.59. The van der Waals surface area contributed by atoms with Crippen LogP contribution in [0.5, 0.6) is 0 Å². The minimum absolute atomic E-state index is 0.00653. The molecule has 0 aromatic carbocycles. The molecule has 3 N–H and O–H groups in total. The average Bonchev–Trinajstić information content (AvgIpc) is 2.99. The summed E-state index contributed by atoms with van der Waals surface area (Å²) in [4.78, 5) is 11.7. The van der Waals surface area contributed by atoms with Crippen LogP contribution < -0.4 is 11.1 Å². The number of ether oxygens (including phenoxy) is 2. The SMILES string of the molecule is CC(CC(C)(NC1CC1)C(N)=O)OCC1CCCO1. The van der Waals surface area contributed by atoms with Crippen LogP contribution >= 0.6 is 0 Å². The van der Waals surface area contributed by atoms with E-state index < -0.39 is 5.54 Å². The van der Waals surface area contributed by atoms with Crippen molar-refractivity contribution in [2.45, 2.75) is 69.7 Å². The Morgan fingerprint density at radius 1 is 1.53 bits per heavy atom. The molecular weight excluding hydrogens is 244 g/mol. The van der Waals surface area contributed by atoms with E-state index in [9.17, 15) is 4.79 Å². The topological polar surface area (TPSA) is 73.6 Å². The summed E-state index contributed by atoms with van der Waals surface area (Å²) in [5.41, 5.74) is 4.86. The Bertz CT molecular complexity index is 314. The zero-order valence-electron chi connectivity index (χ0n) is 12.0. The fourth-order valence-electron chi connectivity index (χ4n) is 2.59. The molecule has 3 atom stereocenters. The highest BCUT2D eigenvalue weighted by atomic mass is 16.5. The van der Waals surface area contributed by atoms with Gasteiger partial charge in [0.1, 0.15) is 0 Å². The Morgan fingerprint density at radius 2 is 2.26 bits per heavy atom. The minimum atomic E-state index is -0.670. The lowest BCUT2D eigenvalue weighted by molar-refractivity contribution is -0.125. The van der Waals surface area contributed by atoms with E-state index >= 15 is 0 Å². The second kappa shape index (κ2) is 6.20. The molecule has 1 amide bonds. The van der Waals surface area contributed by atoms with Gasteiger partial charge in [-0.05, 0) is 39.5 Å². The molecule has 110 valence electrons. The maximum Gasteiger partial charge on any atom is 0.237 e. The highest BCUT2D eigenvalue weighted by Gasteiger charge is 2.38. The number of carbonyl (C=O) groups is 1. The van der Waals surface area contributed by atoms with Gasteiger partial charge in [0, 0.05) is 19.1 Å². The number of nitrogens with one attached hydrogen (secondary N) is 1. The second-order valence-electron chi connectivity index (χ2n) is 6.10. The molecule has 0 aromatic heterocycles. The van der Waals surface area contributed by atoms with Gasteiger partial charge in [0.25, 0.3) is 0 Å². The smallest absolute Gasteiger partial charge is 0.237 e. The molecule has 0 aromatic rings. The maximum absolute atomic E-state index is 11.7. The Balaban J connectivity index is 1.76. The summed E-state index contributed by atoms with van der Waals surface area (Å²) in [5, 5.41) is 3.34. The van der Waals surface area contributed by atoms with Crippen molar-refractivity contribution in [3.8, 4) is 0 Å². The molecule has 3 unspecified atom stereocenters. The van der Waals surface area contributed by atoms with Gasteiger partial charge in [0.2, 0.25) is 5.91 Å². The first-order valence-electron chi connectivity index (χ1n) is 7.30. The molecule has 19 heavy (non-hydrogen) atoms. The van der Waals surface area contributed by atoms with Crippen LogP contribution in [0.15, 0.2) is 0 Å². The highest BCUT2D eigenvalue weighted by molar-refractivity contribution is 5.84. The van der Waals surface area contributed by atoms with E-state index in [1.807, 2.05) is 13.8 Å². The van der Waals surface area contributed by atoms with Gasteiger partial charge < -0.3 is 20.5 Å². The quantitative estimate of drug-likeness (QED) is 0.689. The van der Waals surface area contributed by atoms with Gasteiger partial charge in [-0.15, -0.1) is 0 Å². The molecule has 1 saturated carbocycles. The summed E-state index contributed by atoms with van der Waals surface area (Å²) in [5.74, 6) is -0.299. The van der Waals surface area contributed by atoms with E-state index in [2.05, 4.69) is 5.32 Å². The Hall–Kier alpha value is -0.650. The third-order valence-electron chi connectivity index (χ3n) is 3.93. The van der Waals surface area contributed by atoms with Crippen LogP contribution in [0.3, 0.4) is 0 Å². The molecule has 0 bridgehead atoms. The van der Waals surface area contributed by atoms with Crippen LogP contribution in [-0.2, 0) is 14.3 Å². The third-order valence-corrected chi connectivity index (χ3v) is 3.93. The molecule has 2 aliphatic rings. The number of hydrogen-bond acceptors (Lipinski definition) is 4. The van der Waals surface area contributed by atoms with Gasteiger partial charge in [-0.25, -0.2) is 0 Å². The van der Waals surface area contributed by atoms with Crippen molar-refractivity contribution in [3.63, 3.8) is 0 Å². The van der Waals surface area contributed by atoms with Crippen molar-refractivity contribution in [1.82, 2.24) is 5.32 Å². The minimum Gasteiger partial charge on any atom is -0.376 e. The summed E-state index contributed by atoms with van der Waals surface area (Å²) < 4.78 is 11.3. The Kier molecular flexibility index (Phi) is 4.81. The summed E-state index contributed by atoms with van der Waals surface area (Å²) in [6, 6.07) is 0.447. The first-order valence-corrected chi connectivity index (χ1v) is 7.30. The maximum atomic E-state index is 11.7. The molecule has 2 fully saturated rings. The zero-order chi connectivity index (χ0) is 13.9. The number of primary amides is 1. The summed E-state index contributed by atoms with van der Waals surface area (Å²) >= 11 is 0. The van der Waals surface area contributed by atoms with Crippen molar-refractivity contribution < 1.29 is 14.3 Å². The van der Waals surface area contributed by atoms with Crippen molar-refractivity contribution in [2.24, 2.45) is 5.73 Å². The van der Waals surface area contributed by atoms with Gasteiger partial charge in [-0.1, -0.05) is 0 Å². The molecule has 2 rings (SSSR count). The van der Waals surface area contributed by atoms with Gasteiger partial charge in [0.05, 0.1) is 24.4 Å². The normalized spacial score (nSPS) is 28.0. The van der Waals surface area contributed by atoms with Crippen molar-refractivity contribution in [3.05, 3.63) is 0 Å². The first kappa shape index (κ1) is 14.8. The van der Waals surface area contributed by atoms with Crippen molar-refractivity contribution in [2.75, 3.05) is 13.2 Å². The van der Waals surface area contributed by atoms with Gasteiger partial charge >= 0.3 is 0 Å². The largest absolute Gasteiger partial charge is 0.376 e. The fraction of sp³-hybridized carbons (Fsp3) is 0.929. The van der Waals surface area contributed by atoms with Crippen LogP contribution in [0.2, 0.25) is 0 Å². The lowest BCUT2D eigenvalue weighted by Crippen LogP contribution is -2.55. The number of hydrogen-bond donors (Lipinski definition) is 2. The van der Waals surface area contributed by atoms with E-state index in [1.54, 1.807) is 0 Å². The van der Waals surface area contributed by atoms with Crippen molar-refractivity contribution >= 4 is 5.91 Å². The molecule has 1 saturated heterocycles. The lowest BCUT2D eigenvalue weighted by Gasteiger charge is -2.30. The van der Waals surface area contributed by atoms with Gasteiger partial charge in [-0.3, -0.25) is 4.79 Å². The third kappa shape index (κ3) is 4.44. The molecule has 1 heterocycles. The molecule has 5 heteroatoms.